The van der Waals surface area contributed by atoms with Crippen molar-refractivity contribution >= 4 is 23.4 Å². The third-order valence-electron chi connectivity index (χ3n) is 7.89. The van der Waals surface area contributed by atoms with Crippen molar-refractivity contribution in [2.75, 3.05) is 19.8 Å². The van der Waals surface area contributed by atoms with Gasteiger partial charge in [-0.15, -0.1) is 20.3 Å². The molecular weight excluding hydrogens is 640 g/mol. The first-order chi connectivity index (χ1) is 23.3. The van der Waals surface area contributed by atoms with Crippen LogP contribution in [0.3, 0.4) is 0 Å². The Morgan fingerprint density at radius 1 is 1.04 bits per heavy atom. The molecule has 0 aliphatic carbocycles. The molecule has 3 N–H and O–H groups in total. The topological polar surface area (TPSA) is 194 Å². The summed E-state index contributed by atoms with van der Waals surface area (Å²) in [7, 11) is 0. The van der Waals surface area contributed by atoms with E-state index < -0.39 is 17.0 Å². The first-order valence-electron chi connectivity index (χ1n) is 16.2. The van der Waals surface area contributed by atoms with Crippen LogP contribution in [-0.2, 0) is 27.3 Å². The molecule has 0 spiro atoms. The summed E-state index contributed by atoms with van der Waals surface area (Å²) >= 11 is 6.64. The van der Waals surface area contributed by atoms with Gasteiger partial charge in [0.25, 0.3) is 5.09 Å². The Labute approximate surface area is 283 Å². The first kappa shape index (κ1) is 36.2. The molecule has 2 aromatic heterocycles. The van der Waals surface area contributed by atoms with Crippen molar-refractivity contribution in [3.05, 3.63) is 80.9 Å². The van der Waals surface area contributed by atoms with E-state index in [0.29, 0.717) is 63.3 Å². The molecule has 0 aliphatic heterocycles. The van der Waals surface area contributed by atoms with Crippen molar-refractivity contribution in [1.29, 1.82) is 0 Å². The molecule has 0 saturated heterocycles. The van der Waals surface area contributed by atoms with Gasteiger partial charge in [-0.05, 0) is 60.6 Å². The molecule has 4 aromatic rings. The fourth-order valence-corrected chi connectivity index (χ4v) is 5.70. The number of unbranched alkanes of at least 4 members (excludes halogenated alkanes) is 3. The molecule has 0 fully saturated rings. The third kappa shape index (κ3) is 10.2. The number of esters is 1. The van der Waals surface area contributed by atoms with Gasteiger partial charge in [-0.1, -0.05) is 79.9 Å². The van der Waals surface area contributed by atoms with Crippen molar-refractivity contribution < 1.29 is 24.3 Å². The SMILES string of the molecule is CCCCc1nc(Cl)c(C(=O)CC(CCCCN)C(=O)OCCCCO[N+](=O)[O-])n1Cc1ccc(-c2ccccc2-c2nn[nH]n2)cc1. The van der Waals surface area contributed by atoms with E-state index in [2.05, 4.69) is 37.4 Å². The van der Waals surface area contributed by atoms with E-state index in [1.165, 1.54) is 0 Å². The quantitative estimate of drug-likeness (QED) is 0.0364. The Bertz CT molecular complexity index is 1630. The number of ether oxygens (including phenoxy) is 1. The smallest absolute Gasteiger partial charge is 0.309 e. The lowest BCUT2D eigenvalue weighted by Gasteiger charge is -2.17. The molecule has 0 aliphatic rings. The fourth-order valence-electron chi connectivity index (χ4n) is 5.40. The van der Waals surface area contributed by atoms with Crippen LogP contribution in [0.25, 0.3) is 22.5 Å². The standard InChI is InChI=1S/C33H41ClN8O6/c1-2-3-13-29-36-31(34)30(28(43)21-25(10-6-7-18-35)33(44)47-19-8-9-20-48-42(45)46)41(29)22-23-14-16-24(17-15-23)26-11-4-5-12-27(26)32-37-39-40-38-32/h4-5,11-12,14-17,25H,2-3,6-10,13,18-22,35H2,1H3,(H,37,38,39,40). The summed E-state index contributed by atoms with van der Waals surface area (Å²) in [5.41, 5.74) is 9.65. The van der Waals surface area contributed by atoms with Crippen LogP contribution in [0.2, 0.25) is 5.15 Å². The number of benzene rings is 2. The molecule has 0 bridgehead atoms. The number of tetrazole rings is 1. The van der Waals surface area contributed by atoms with Crippen molar-refractivity contribution in [2.45, 2.75) is 71.3 Å². The summed E-state index contributed by atoms with van der Waals surface area (Å²) < 4.78 is 7.32. The van der Waals surface area contributed by atoms with Crippen molar-refractivity contribution in [3.8, 4) is 22.5 Å². The molecule has 1 atom stereocenters. The highest BCUT2D eigenvalue weighted by Crippen LogP contribution is 2.31. The van der Waals surface area contributed by atoms with Gasteiger partial charge in [0.2, 0.25) is 5.82 Å². The maximum atomic E-state index is 13.9. The van der Waals surface area contributed by atoms with Gasteiger partial charge in [0.15, 0.2) is 10.9 Å². The fraction of sp³-hybridized carbons (Fsp3) is 0.455. The third-order valence-corrected chi connectivity index (χ3v) is 8.16. The number of carbonyl (C=O) groups is 2. The zero-order valence-electron chi connectivity index (χ0n) is 27.0. The predicted octanol–water partition coefficient (Wildman–Crippen LogP) is 5.62. The number of carbonyl (C=O) groups excluding carboxylic acids is 2. The molecule has 2 aromatic carbocycles. The zero-order valence-corrected chi connectivity index (χ0v) is 27.7. The highest BCUT2D eigenvalue weighted by atomic mass is 35.5. The van der Waals surface area contributed by atoms with Crippen LogP contribution < -0.4 is 5.73 Å². The van der Waals surface area contributed by atoms with Gasteiger partial charge < -0.3 is 19.9 Å². The van der Waals surface area contributed by atoms with E-state index in [1.807, 2.05) is 53.1 Å². The Kier molecular flexibility index (Phi) is 14.0. The largest absolute Gasteiger partial charge is 0.465 e. The highest BCUT2D eigenvalue weighted by molar-refractivity contribution is 6.32. The van der Waals surface area contributed by atoms with E-state index in [4.69, 9.17) is 22.1 Å². The molecule has 2 heterocycles. The number of hydrogen-bond donors (Lipinski definition) is 2. The molecule has 15 heteroatoms. The number of nitrogens with two attached hydrogens (primary N) is 1. The number of aromatic nitrogens is 6. The van der Waals surface area contributed by atoms with Crippen LogP contribution >= 0.6 is 11.6 Å². The molecule has 256 valence electrons. The Balaban J connectivity index is 1.52. The lowest BCUT2D eigenvalue weighted by Crippen LogP contribution is -2.24. The van der Waals surface area contributed by atoms with E-state index >= 15 is 0 Å². The second-order valence-corrected chi connectivity index (χ2v) is 11.7. The Morgan fingerprint density at radius 3 is 2.48 bits per heavy atom. The van der Waals surface area contributed by atoms with Crippen molar-refractivity contribution in [1.82, 2.24) is 30.2 Å². The average molecular weight is 681 g/mol. The number of aryl methyl sites for hydroxylation is 1. The summed E-state index contributed by atoms with van der Waals surface area (Å²) in [4.78, 5) is 46.2. The molecule has 0 radical (unpaired) electrons. The molecular formula is C33H41ClN8O6. The van der Waals surface area contributed by atoms with Gasteiger partial charge in [-0.2, -0.15) is 5.21 Å². The lowest BCUT2D eigenvalue weighted by molar-refractivity contribution is -0.757. The number of H-pyrrole nitrogens is 1. The number of nitrogens with zero attached hydrogens (tertiary/aromatic N) is 6. The van der Waals surface area contributed by atoms with E-state index in [9.17, 15) is 19.7 Å². The van der Waals surface area contributed by atoms with Crippen LogP contribution in [0.4, 0.5) is 0 Å². The molecule has 4 rings (SSSR count). The van der Waals surface area contributed by atoms with Crippen LogP contribution in [0.5, 0.6) is 0 Å². The van der Waals surface area contributed by atoms with Gasteiger partial charge in [0.1, 0.15) is 11.5 Å². The molecule has 0 saturated carbocycles. The first-order valence-corrected chi connectivity index (χ1v) is 16.5. The molecule has 14 nitrogen and oxygen atoms in total. The summed E-state index contributed by atoms with van der Waals surface area (Å²) in [6, 6.07) is 15.8. The minimum atomic E-state index is -0.858. The van der Waals surface area contributed by atoms with Crippen molar-refractivity contribution in [3.63, 3.8) is 0 Å². The monoisotopic (exact) mass is 680 g/mol. The Hall–Kier alpha value is -4.69. The maximum absolute atomic E-state index is 13.9. The number of Topliss-reactive ketones (excluding diaryl/α,β-unsaturated/α-hetero) is 1. The summed E-state index contributed by atoms with van der Waals surface area (Å²) in [5, 5.41) is 24.0. The van der Waals surface area contributed by atoms with E-state index in [0.717, 1.165) is 35.1 Å². The van der Waals surface area contributed by atoms with E-state index in [-0.39, 0.29) is 36.3 Å². The molecule has 0 amide bonds. The van der Waals surface area contributed by atoms with Gasteiger partial charge in [-0.25, -0.2) is 4.98 Å². The second kappa shape index (κ2) is 18.6. The number of halogens is 1. The van der Waals surface area contributed by atoms with Gasteiger partial charge >= 0.3 is 5.97 Å². The number of ketones is 1. The molecule has 1 unspecified atom stereocenters. The minimum absolute atomic E-state index is 0.0664. The van der Waals surface area contributed by atoms with Crippen LogP contribution in [-0.4, -0.2) is 66.8 Å². The summed E-state index contributed by atoms with van der Waals surface area (Å²) in [6.45, 7) is 2.89. The number of imidazole rings is 1. The van der Waals surface area contributed by atoms with Gasteiger partial charge in [-0.3, -0.25) is 9.59 Å². The van der Waals surface area contributed by atoms with Crippen LogP contribution in [0, 0.1) is 16.0 Å². The number of aromatic amines is 1. The van der Waals surface area contributed by atoms with Crippen LogP contribution in [0.15, 0.2) is 48.5 Å². The normalized spacial score (nSPS) is 11.7. The minimum Gasteiger partial charge on any atom is -0.465 e. The molecule has 48 heavy (non-hydrogen) atoms. The number of nitrogens with one attached hydrogen (secondary N) is 1. The van der Waals surface area contributed by atoms with Gasteiger partial charge in [0, 0.05) is 24.9 Å². The predicted molar refractivity (Wildman–Crippen MR) is 178 cm³/mol. The zero-order chi connectivity index (χ0) is 34.3. The maximum Gasteiger partial charge on any atom is 0.309 e. The van der Waals surface area contributed by atoms with Crippen LogP contribution in [0.1, 0.15) is 80.2 Å². The second-order valence-electron chi connectivity index (χ2n) is 11.4. The number of rotatable bonds is 21. The van der Waals surface area contributed by atoms with Crippen molar-refractivity contribution in [2.24, 2.45) is 11.7 Å². The Morgan fingerprint density at radius 2 is 1.79 bits per heavy atom. The highest BCUT2D eigenvalue weighted by Gasteiger charge is 2.28. The lowest BCUT2D eigenvalue weighted by atomic mass is 9.95. The number of hydrogen-bond acceptors (Lipinski definition) is 11. The van der Waals surface area contributed by atoms with E-state index in [1.54, 1.807) is 0 Å². The summed E-state index contributed by atoms with van der Waals surface area (Å²) in [6.07, 6.45) is 4.87. The average Bonchev–Trinajstić information content (AvgIpc) is 3.73. The van der Waals surface area contributed by atoms with Gasteiger partial charge in [0.05, 0.1) is 19.1 Å². The summed E-state index contributed by atoms with van der Waals surface area (Å²) in [5.74, 6) is -0.290.